The Balaban J connectivity index is 2.13. The van der Waals surface area contributed by atoms with E-state index in [-0.39, 0.29) is 34.1 Å². The molecule has 1 aliphatic carbocycles. The Kier molecular flexibility index (Phi) is 3.04. The van der Waals surface area contributed by atoms with Crippen molar-refractivity contribution in [2.45, 2.75) is 32.9 Å². The van der Waals surface area contributed by atoms with E-state index >= 15 is 0 Å². The van der Waals surface area contributed by atoms with Crippen molar-refractivity contribution >= 4 is 23.0 Å². The average Bonchev–Trinajstić information content (AvgIpc) is 2.73. The molecule has 0 aromatic carbocycles. The molecule has 1 aromatic heterocycles. The molecule has 0 atom stereocenters. The van der Waals surface area contributed by atoms with Gasteiger partial charge >= 0.3 is 0 Å². The number of aromatic nitrogens is 2. The van der Waals surface area contributed by atoms with Gasteiger partial charge in [0.1, 0.15) is 11.5 Å². The Bertz CT molecular complexity index is 777. The van der Waals surface area contributed by atoms with Crippen molar-refractivity contribution < 1.29 is 9.90 Å². The molecule has 2 heterocycles. The van der Waals surface area contributed by atoms with E-state index in [0.29, 0.717) is 18.9 Å². The number of rotatable bonds is 1. The predicted molar refractivity (Wildman–Crippen MR) is 78.9 cm³/mol. The van der Waals surface area contributed by atoms with Crippen LogP contribution in [-0.2, 0) is 17.9 Å². The monoisotopic (exact) mass is 288 g/mol. The molecular formula is C14H16N4O3. The summed E-state index contributed by atoms with van der Waals surface area (Å²) in [7, 11) is 0. The Labute approximate surface area is 120 Å². The van der Waals surface area contributed by atoms with Crippen molar-refractivity contribution in [3.05, 3.63) is 33.8 Å². The van der Waals surface area contributed by atoms with Crippen molar-refractivity contribution in [3.8, 4) is 0 Å². The fourth-order valence-corrected chi connectivity index (χ4v) is 2.56. The second-order valence-electron chi connectivity index (χ2n) is 5.16. The summed E-state index contributed by atoms with van der Waals surface area (Å²) >= 11 is 0. The minimum Gasteiger partial charge on any atom is -0.505 e. The van der Waals surface area contributed by atoms with Gasteiger partial charge in [-0.25, -0.2) is 9.67 Å². The fraction of sp³-hybridized carbons (Fsp3) is 0.357. The first-order chi connectivity index (χ1) is 10.0. The number of aliphatic hydroxyl groups is 1. The third-order valence-electron chi connectivity index (χ3n) is 3.83. The molecule has 110 valence electrons. The lowest BCUT2D eigenvalue weighted by Crippen LogP contribution is -2.27. The molecule has 2 aliphatic rings. The SMILES string of the molecule is CC1=C(O)C(=Nc2c(N)n3n(c2=O)CCCC3)C=CC1=O. The number of allylic oxidation sites excluding steroid dienone is 3. The van der Waals surface area contributed by atoms with Crippen LogP contribution in [0.5, 0.6) is 0 Å². The molecule has 7 heteroatoms. The number of aliphatic hydroxyl groups excluding tert-OH is 1. The van der Waals surface area contributed by atoms with Crippen LogP contribution in [0, 0.1) is 0 Å². The number of carbonyl (C=O) groups excluding carboxylic acids is 1. The number of nitrogen functional groups attached to an aromatic ring is 1. The third-order valence-corrected chi connectivity index (χ3v) is 3.83. The van der Waals surface area contributed by atoms with Crippen LogP contribution in [0.15, 0.2) is 33.3 Å². The molecule has 0 spiro atoms. The molecule has 7 nitrogen and oxygen atoms in total. The molecule has 3 rings (SSSR count). The zero-order valence-corrected chi connectivity index (χ0v) is 11.7. The van der Waals surface area contributed by atoms with Gasteiger partial charge in [-0.3, -0.25) is 14.3 Å². The van der Waals surface area contributed by atoms with E-state index in [9.17, 15) is 14.7 Å². The second kappa shape index (κ2) is 4.76. The van der Waals surface area contributed by atoms with Gasteiger partial charge in [0, 0.05) is 18.7 Å². The smallest absolute Gasteiger partial charge is 0.294 e. The van der Waals surface area contributed by atoms with Crippen molar-refractivity contribution in [2.75, 3.05) is 5.73 Å². The zero-order chi connectivity index (χ0) is 15.1. The maximum absolute atomic E-state index is 12.3. The lowest BCUT2D eigenvalue weighted by atomic mass is 10.0. The van der Waals surface area contributed by atoms with E-state index in [2.05, 4.69) is 4.99 Å². The molecule has 1 aliphatic heterocycles. The molecule has 3 N–H and O–H groups in total. The summed E-state index contributed by atoms with van der Waals surface area (Å²) in [6, 6.07) is 0. The molecule has 0 amide bonds. The Morgan fingerprint density at radius 1 is 1.19 bits per heavy atom. The first-order valence-electron chi connectivity index (χ1n) is 6.81. The largest absolute Gasteiger partial charge is 0.505 e. The number of hydrogen-bond acceptors (Lipinski definition) is 5. The van der Waals surface area contributed by atoms with Crippen molar-refractivity contribution in [1.82, 2.24) is 9.36 Å². The summed E-state index contributed by atoms with van der Waals surface area (Å²) in [5, 5.41) is 9.97. The molecular weight excluding hydrogens is 272 g/mol. The number of nitrogens with two attached hydrogens (primary N) is 1. The first-order valence-corrected chi connectivity index (χ1v) is 6.81. The topological polar surface area (TPSA) is 103 Å². The zero-order valence-electron chi connectivity index (χ0n) is 11.7. The van der Waals surface area contributed by atoms with Gasteiger partial charge in [0.05, 0.1) is 0 Å². The van der Waals surface area contributed by atoms with Gasteiger partial charge < -0.3 is 10.8 Å². The maximum Gasteiger partial charge on any atom is 0.294 e. The molecule has 0 fully saturated rings. The lowest BCUT2D eigenvalue weighted by molar-refractivity contribution is -0.111. The van der Waals surface area contributed by atoms with Gasteiger partial charge in [0.25, 0.3) is 5.56 Å². The van der Waals surface area contributed by atoms with E-state index < -0.39 is 0 Å². The Hall–Kier alpha value is -2.57. The van der Waals surface area contributed by atoms with Gasteiger partial charge in [-0.05, 0) is 31.9 Å². The van der Waals surface area contributed by atoms with Gasteiger partial charge in [0.2, 0.25) is 0 Å². The van der Waals surface area contributed by atoms with E-state index in [1.807, 2.05) is 0 Å². The molecule has 21 heavy (non-hydrogen) atoms. The normalized spacial score (nSPS) is 20.2. The van der Waals surface area contributed by atoms with Crippen LogP contribution in [-0.4, -0.2) is 26.0 Å². The predicted octanol–water partition coefficient (Wildman–Crippen LogP) is 1.07. The Morgan fingerprint density at radius 3 is 2.52 bits per heavy atom. The van der Waals surface area contributed by atoms with Crippen molar-refractivity contribution in [2.24, 2.45) is 4.99 Å². The summed E-state index contributed by atoms with van der Waals surface area (Å²) in [6.07, 6.45) is 4.60. The lowest BCUT2D eigenvalue weighted by Gasteiger charge is -2.17. The number of fused-ring (bicyclic) bond motifs is 1. The first kappa shape index (κ1) is 13.4. The van der Waals surface area contributed by atoms with Gasteiger partial charge in [0.15, 0.2) is 17.3 Å². The van der Waals surface area contributed by atoms with Crippen LogP contribution >= 0.6 is 0 Å². The van der Waals surface area contributed by atoms with Crippen molar-refractivity contribution in [3.63, 3.8) is 0 Å². The van der Waals surface area contributed by atoms with Gasteiger partial charge in [-0.15, -0.1) is 0 Å². The molecule has 0 saturated heterocycles. The number of carbonyl (C=O) groups is 1. The third kappa shape index (κ3) is 2.01. The number of hydrogen-bond donors (Lipinski definition) is 2. The van der Waals surface area contributed by atoms with E-state index in [4.69, 9.17) is 5.73 Å². The summed E-state index contributed by atoms with van der Waals surface area (Å²) in [5.41, 5.74) is 6.23. The molecule has 1 aromatic rings. The number of anilines is 1. The fourth-order valence-electron chi connectivity index (χ4n) is 2.56. The quantitative estimate of drug-likeness (QED) is 0.754. The standard InChI is InChI=1S/C14H16N4O3/c1-8-10(19)5-4-9(12(8)20)16-11-13(15)17-6-2-3-7-18(17)14(11)21/h4-5,20H,2-3,6-7,15H2,1H3. The number of ketones is 1. The second-order valence-corrected chi connectivity index (χ2v) is 5.16. The van der Waals surface area contributed by atoms with E-state index in [1.165, 1.54) is 19.1 Å². The summed E-state index contributed by atoms with van der Waals surface area (Å²) in [5.74, 6) is -0.189. The molecule has 0 bridgehead atoms. The van der Waals surface area contributed by atoms with Gasteiger partial charge in [-0.1, -0.05) is 0 Å². The highest BCUT2D eigenvalue weighted by Crippen LogP contribution is 2.24. The van der Waals surface area contributed by atoms with E-state index in [0.717, 1.165) is 12.8 Å². The highest BCUT2D eigenvalue weighted by molar-refractivity contribution is 6.21. The van der Waals surface area contributed by atoms with Crippen LogP contribution in [0.3, 0.4) is 0 Å². The minimum atomic E-state index is -0.271. The van der Waals surface area contributed by atoms with Crippen LogP contribution in [0.4, 0.5) is 11.5 Å². The molecule has 0 saturated carbocycles. The van der Waals surface area contributed by atoms with Crippen LogP contribution in [0.25, 0.3) is 0 Å². The summed E-state index contributed by atoms with van der Waals surface area (Å²) in [6.45, 7) is 2.81. The van der Waals surface area contributed by atoms with Crippen molar-refractivity contribution in [1.29, 1.82) is 0 Å². The summed E-state index contributed by atoms with van der Waals surface area (Å²) < 4.78 is 3.29. The molecule has 0 radical (unpaired) electrons. The maximum atomic E-state index is 12.3. The Morgan fingerprint density at radius 2 is 1.86 bits per heavy atom. The summed E-state index contributed by atoms with van der Waals surface area (Å²) in [4.78, 5) is 27.9. The van der Waals surface area contributed by atoms with Crippen LogP contribution in [0.1, 0.15) is 19.8 Å². The highest BCUT2D eigenvalue weighted by atomic mass is 16.3. The van der Waals surface area contributed by atoms with Gasteiger partial charge in [-0.2, -0.15) is 0 Å². The van der Waals surface area contributed by atoms with Crippen LogP contribution in [0.2, 0.25) is 0 Å². The number of aliphatic imine (C=N–C) groups is 1. The average molecular weight is 288 g/mol. The highest BCUT2D eigenvalue weighted by Gasteiger charge is 2.22. The molecule has 0 unspecified atom stereocenters. The van der Waals surface area contributed by atoms with E-state index in [1.54, 1.807) is 9.36 Å². The minimum absolute atomic E-state index is 0.116. The van der Waals surface area contributed by atoms with Crippen LogP contribution < -0.4 is 11.3 Å². The number of nitrogens with zero attached hydrogens (tertiary/aromatic N) is 3.